The zero-order valence-electron chi connectivity index (χ0n) is 7.84. The first-order valence-corrected chi connectivity index (χ1v) is 4.59. The van der Waals surface area contributed by atoms with Crippen LogP contribution in [0, 0.1) is 0 Å². The zero-order chi connectivity index (χ0) is 9.19. The molecule has 1 saturated heterocycles. The van der Waals surface area contributed by atoms with Gasteiger partial charge in [-0.2, -0.15) is 0 Å². The Labute approximate surface area is 73.4 Å². The Balaban J connectivity index is 2.67. The smallest absolute Gasteiger partial charge is 0.323 e. The van der Waals surface area contributed by atoms with Crippen molar-refractivity contribution in [1.29, 1.82) is 0 Å². The Morgan fingerprint density at radius 1 is 1.67 bits per heavy atom. The van der Waals surface area contributed by atoms with Crippen LogP contribution in [0.3, 0.4) is 0 Å². The van der Waals surface area contributed by atoms with Gasteiger partial charge in [0.05, 0.1) is 0 Å². The van der Waals surface area contributed by atoms with Crippen molar-refractivity contribution in [3.8, 4) is 0 Å². The van der Waals surface area contributed by atoms with Crippen LogP contribution in [0.2, 0.25) is 0 Å². The highest BCUT2D eigenvalue weighted by Gasteiger charge is 2.42. The van der Waals surface area contributed by atoms with Gasteiger partial charge in [0, 0.05) is 0 Å². The number of rotatable bonds is 3. The fourth-order valence-corrected chi connectivity index (χ4v) is 1.89. The van der Waals surface area contributed by atoms with Gasteiger partial charge in [-0.25, -0.2) is 0 Å². The average molecular weight is 171 g/mol. The van der Waals surface area contributed by atoms with Crippen molar-refractivity contribution < 1.29 is 9.90 Å². The summed E-state index contributed by atoms with van der Waals surface area (Å²) in [5.41, 5.74) is -0.587. The molecule has 12 heavy (non-hydrogen) atoms. The molecule has 1 rings (SSSR count). The summed E-state index contributed by atoms with van der Waals surface area (Å²) in [6.07, 6.45) is 2.84. The van der Waals surface area contributed by atoms with Crippen molar-refractivity contribution in [3.63, 3.8) is 0 Å². The molecule has 0 radical (unpaired) electrons. The zero-order valence-corrected chi connectivity index (χ0v) is 7.84. The van der Waals surface area contributed by atoms with Crippen molar-refractivity contribution >= 4 is 5.97 Å². The van der Waals surface area contributed by atoms with E-state index in [1.54, 1.807) is 0 Å². The maximum atomic E-state index is 11.0. The summed E-state index contributed by atoms with van der Waals surface area (Å²) in [5.74, 6) is -0.673. The number of carboxylic acids is 1. The average Bonchev–Trinajstić information content (AvgIpc) is 2.35. The minimum Gasteiger partial charge on any atom is -0.480 e. The molecule has 0 spiro atoms. The van der Waals surface area contributed by atoms with Crippen molar-refractivity contribution in [3.05, 3.63) is 0 Å². The van der Waals surface area contributed by atoms with E-state index in [9.17, 15) is 4.79 Å². The van der Waals surface area contributed by atoms with Gasteiger partial charge in [-0.05, 0) is 39.3 Å². The van der Waals surface area contributed by atoms with Crippen molar-refractivity contribution in [2.75, 3.05) is 13.1 Å². The second-order valence-electron chi connectivity index (χ2n) is 3.67. The van der Waals surface area contributed by atoms with E-state index in [1.165, 1.54) is 0 Å². The van der Waals surface area contributed by atoms with Gasteiger partial charge < -0.3 is 5.11 Å². The van der Waals surface area contributed by atoms with Gasteiger partial charge in [0.15, 0.2) is 0 Å². The predicted octanol–water partition coefficient (Wildman–Crippen LogP) is 1.34. The third-order valence-electron chi connectivity index (χ3n) is 2.74. The lowest BCUT2D eigenvalue weighted by Crippen LogP contribution is -2.48. The van der Waals surface area contributed by atoms with Crippen molar-refractivity contribution in [2.45, 2.75) is 38.6 Å². The lowest BCUT2D eigenvalue weighted by Gasteiger charge is -2.30. The lowest BCUT2D eigenvalue weighted by molar-refractivity contribution is -0.148. The molecular formula is C9H17NO2. The van der Waals surface area contributed by atoms with Crippen molar-refractivity contribution in [2.24, 2.45) is 0 Å². The molecule has 1 aliphatic heterocycles. The fraction of sp³-hybridized carbons (Fsp3) is 0.889. The molecule has 0 aromatic rings. The second kappa shape index (κ2) is 3.44. The molecule has 0 bridgehead atoms. The maximum absolute atomic E-state index is 11.0. The molecule has 1 unspecified atom stereocenters. The molecule has 3 nitrogen and oxygen atoms in total. The quantitative estimate of drug-likeness (QED) is 0.696. The monoisotopic (exact) mass is 171 g/mol. The predicted molar refractivity (Wildman–Crippen MR) is 47.1 cm³/mol. The maximum Gasteiger partial charge on any atom is 0.323 e. The minimum absolute atomic E-state index is 0.587. The van der Waals surface area contributed by atoms with E-state index >= 15 is 0 Å². The largest absolute Gasteiger partial charge is 0.480 e. The van der Waals surface area contributed by atoms with Gasteiger partial charge in [-0.3, -0.25) is 9.69 Å². The first-order chi connectivity index (χ1) is 5.61. The fourth-order valence-electron chi connectivity index (χ4n) is 1.89. The number of carbonyl (C=O) groups is 1. The van der Waals surface area contributed by atoms with Crippen LogP contribution >= 0.6 is 0 Å². The second-order valence-corrected chi connectivity index (χ2v) is 3.67. The summed E-state index contributed by atoms with van der Waals surface area (Å²) in [6.45, 7) is 5.76. The number of likely N-dealkylation sites (tertiary alicyclic amines) is 1. The van der Waals surface area contributed by atoms with Gasteiger partial charge in [-0.1, -0.05) is 6.92 Å². The Hall–Kier alpha value is -0.570. The molecular weight excluding hydrogens is 154 g/mol. The van der Waals surface area contributed by atoms with Crippen LogP contribution in [-0.4, -0.2) is 34.6 Å². The highest BCUT2D eigenvalue weighted by Crippen LogP contribution is 2.28. The summed E-state index contributed by atoms with van der Waals surface area (Å²) < 4.78 is 0. The molecule has 1 aliphatic rings. The molecule has 70 valence electrons. The van der Waals surface area contributed by atoms with E-state index in [2.05, 4.69) is 11.8 Å². The first-order valence-electron chi connectivity index (χ1n) is 4.59. The molecule has 1 fully saturated rings. The normalized spacial score (nSPS) is 30.8. The number of carboxylic acid groups (broad SMARTS) is 1. The van der Waals surface area contributed by atoms with Crippen LogP contribution in [0.15, 0.2) is 0 Å². The Morgan fingerprint density at radius 3 is 2.83 bits per heavy atom. The molecule has 0 aromatic heterocycles. The molecule has 0 amide bonds. The summed E-state index contributed by atoms with van der Waals surface area (Å²) >= 11 is 0. The highest BCUT2D eigenvalue weighted by atomic mass is 16.4. The van der Waals surface area contributed by atoms with Crippen LogP contribution < -0.4 is 0 Å². The third-order valence-corrected chi connectivity index (χ3v) is 2.74. The van der Waals surface area contributed by atoms with E-state index in [4.69, 9.17) is 5.11 Å². The first kappa shape index (κ1) is 9.52. The number of hydrogen-bond acceptors (Lipinski definition) is 2. The molecule has 1 atom stereocenters. The van der Waals surface area contributed by atoms with Gasteiger partial charge in [0.1, 0.15) is 5.54 Å². The summed E-state index contributed by atoms with van der Waals surface area (Å²) in [5, 5.41) is 9.03. The van der Waals surface area contributed by atoms with Gasteiger partial charge in [0.25, 0.3) is 0 Å². The lowest BCUT2D eigenvalue weighted by atomic mass is 9.99. The summed E-state index contributed by atoms with van der Waals surface area (Å²) in [4.78, 5) is 13.0. The Morgan fingerprint density at radius 2 is 2.33 bits per heavy atom. The molecule has 1 N–H and O–H groups in total. The molecule has 1 heterocycles. The minimum atomic E-state index is -0.673. The van der Waals surface area contributed by atoms with E-state index in [-0.39, 0.29) is 0 Å². The van der Waals surface area contributed by atoms with Gasteiger partial charge >= 0.3 is 5.97 Å². The Kier molecular flexibility index (Phi) is 2.73. The summed E-state index contributed by atoms with van der Waals surface area (Å²) in [6, 6.07) is 0. The van der Waals surface area contributed by atoms with Crippen LogP contribution in [0.4, 0.5) is 0 Å². The molecule has 0 saturated carbocycles. The SMILES string of the molecule is CCCN1CCCC1(C)C(=O)O. The summed E-state index contributed by atoms with van der Waals surface area (Å²) in [7, 11) is 0. The molecule has 0 aromatic carbocycles. The van der Waals surface area contributed by atoms with E-state index in [1.807, 2.05) is 6.92 Å². The number of hydrogen-bond donors (Lipinski definition) is 1. The van der Waals surface area contributed by atoms with Crippen LogP contribution in [-0.2, 0) is 4.79 Å². The standard InChI is InChI=1S/C9H17NO2/c1-3-6-10-7-4-5-9(10,2)8(11)12/h3-7H2,1-2H3,(H,11,12). The van der Waals surface area contributed by atoms with Crippen molar-refractivity contribution in [1.82, 2.24) is 4.90 Å². The van der Waals surface area contributed by atoms with Crippen LogP contribution in [0.1, 0.15) is 33.1 Å². The van der Waals surface area contributed by atoms with E-state index in [0.717, 1.165) is 32.4 Å². The Bertz CT molecular complexity index is 181. The van der Waals surface area contributed by atoms with E-state index in [0.29, 0.717) is 0 Å². The highest BCUT2D eigenvalue weighted by molar-refractivity contribution is 5.78. The van der Waals surface area contributed by atoms with Gasteiger partial charge in [-0.15, -0.1) is 0 Å². The van der Waals surface area contributed by atoms with Gasteiger partial charge in [0.2, 0.25) is 0 Å². The van der Waals surface area contributed by atoms with E-state index < -0.39 is 11.5 Å². The third kappa shape index (κ3) is 1.46. The van der Waals surface area contributed by atoms with Crippen LogP contribution in [0.5, 0.6) is 0 Å². The topological polar surface area (TPSA) is 40.5 Å². The number of aliphatic carboxylic acids is 1. The van der Waals surface area contributed by atoms with Crippen LogP contribution in [0.25, 0.3) is 0 Å². The molecule has 3 heteroatoms. The number of nitrogens with zero attached hydrogens (tertiary/aromatic N) is 1. The molecule has 0 aliphatic carbocycles.